The first kappa shape index (κ1) is 14.0. The molecule has 0 atom stereocenters. The van der Waals surface area contributed by atoms with Crippen molar-refractivity contribution in [1.82, 2.24) is 5.48 Å². The quantitative estimate of drug-likeness (QED) is 0.641. The minimum atomic E-state index is -0.738. The van der Waals surface area contributed by atoms with Crippen LogP contribution in [0.1, 0.15) is 17.3 Å². The summed E-state index contributed by atoms with van der Waals surface area (Å²) in [6.45, 7) is 1.23. The fourth-order valence-corrected chi connectivity index (χ4v) is 2.34. The molecule has 1 N–H and O–H groups in total. The topological polar surface area (TPSA) is 64.6 Å². The monoisotopic (exact) mass is 369 g/mol. The van der Waals surface area contributed by atoms with E-state index in [-0.39, 0.29) is 5.56 Å². The van der Waals surface area contributed by atoms with Gasteiger partial charge in [0.25, 0.3) is 0 Å². The van der Waals surface area contributed by atoms with Crippen LogP contribution in [0.3, 0.4) is 0 Å². The second kappa shape index (κ2) is 6.06. The molecule has 0 saturated carbocycles. The number of methoxy groups -OCH3 is 1. The van der Waals surface area contributed by atoms with Gasteiger partial charge in [-0.15, -0.1) is 0 Å². The summed E-state index contributed by atoms with van der Waals surface area (Å²) >= 11 is 7.81. The molecule has 1 aromatic rings. The molecule has 1 aromatic carbocycles. The van der Waals surface area contributed by atoms with Crippen LogP contribution in [0.2, 0.25) is 5.02 Å². The van der Waals surface area contributed by atoms with Crippen molar-refractivity contribution in [2.24, 2.45) is 0 Å². The van der Waals surface area contributed by atoms with Gasteiger partial charge in [0.15, 0.2) is 0 Å². The number of halogens is 2. The van der Waals surface area contributed by atoms with E-state index >= 15 is 0 Å². The van der Waals surface area contributed by atoms with E-state index in [9.17, 15) is 9.59 Å². The molecule has 92 valence electrons. The highest BCUT2D eigenvalue weighted by atomic mass is 127. The molecule has 0 aliphatic carbocycles. The maximum absolute atomic E-state index is 11.7. The predicted molar refractivity (Wildman–Crippen MR) is 70.0 cm³/mol. The third-order valence-electron chi connectivity index (χ3n) is 1.72. The Labute approximate surface area is 117 Å². The Morgan fingerprint density at radius 1 is 1.41 bits per heavy atom. The lowest BCUT2D eigenvalue weighted by atomic mass is 10.2. The molecule has 0 heterocycles. The van der Waals surface area contributed by atoms with Crippen molar-refractivity contribution in [2.75, 3.05) is 7.11 Å². The van der Waals surface area contributed by atoms with Crippen LogP contribution in [-0.2, 0) is 9.63 Å². The van der Waals surface area contributed by atoms with E-state index in [1.54, 1.807) is 6.07 Å². The highest BCUT2D eigenvalue weighted by Crippen LogP contribution is 2.29. The number of carbonyl (C=O) groups excluding carboxylic acids is 2. The molecule has 1 rings (SSSR count). The Morgan fingerprint density at radius 3 is 2.59 bits per heavy atom. The van der Waals surface area contributed by atoms with Gasteiger partial charge in [-0.1, -0.05) is 11.6 Å². The van der Waals surface area contributed by atoms with Gasteiger partial charge in [-0.2, -0.15) is 5.48 Å². The van der Waals surface area contributed by atoms with Gasteiger partial charge in [-0.05, 0) is 34.7 Å². The number of benzene rings is 1. The molecule has 0 aromatic heterocycles. The molecule has 0 aliphatic heterocycles. The first-order valence-corrected chi connectivity index (χ1v) is 5.92. The summed E-state index contributed by atoms with van der Waals surface area (Å²) in [7, 11) is 1.43. The molecular formula is C10H9ClINO4. The molecule has 7 heteroatoms. The van der Waals surface area contributed by atoms with Gasteiger partial charge >= 0.3 is 5.97 Å². The van der Waals surface area contributed by atoms with Crippen LogP contribution in [0.5, 0.6) is 5.75 Å². The SMILES string of the molecule is COc1c(I)cc(Cl)cc1C(=O)ONC(C)=O. The van der Waals surface area contributed by atoms with Gasteiger partial charge in [0.05, 0.1) is 10.7 Å². The van der Waals surface area contributed by atoms with Gasteiger partial charge in [-0.3, -0.25) is 4.79 Å². The van der Waals surface area contributed by atoms with Gasteiger partial charge in [0.2, 0.25) is 5.91 Å². The second-order valence-corrected chi connectivity index (χ2v) is 4.61. The van der Waals surface area contributed by atoms with E-state index in [1.165, 1.54) is 20.1 Å². The molecule has 0 radical (unpaired) electrons. The second-order valence-electron chi connectivity index (χ2n) is 3.02. The standard InChI is InChI=1S/C10H9ClINO4/c1-5(14)13-17-10(15)7-3-6(11)4-8(12)9(7)16-2/h3-4H,1-2H3,(H,13,14). The largest absolute Gasteiger partial charge is 0.495 e. The van der Waals surface area contributed by atoms with E-state index in [2.05, 4.69) is 4.84 Å². The molecule has 0 bridgehead atoms. The molecule has 1 amide bonds. The zero-order valence-corrected chi connectivity index (χ0v) is 12.0. The van der Waals surface area contributed by atoms with Gasteiger partial charge < -0.3 is 9.57 Å². The number of hydrogen-bond donors (Lipinski definition) is 1. The minimum Gasteiger partial charge on any atom is -0.495 e. The van der Waals surface area contributed by atoms with E-state index in [1.807, 2.05) is 28.1 Å². The Kier molecular flexibility index (Phi) is 5.01. The van der Waals surface area contributed by atoms with Crippen molar-refractivity contribution in [1.29, 1.82) is 0 Å². The van der Waals surface area contributed by atoms with Crippen molar-refractivity contribution in [3.63, 3.8) is 0 Å². The van der Waals surface area contributed by atoms with Crippen molar-refractivity contribution in [3.05, 3.63) is 26.3 Å². The number of hydroxylamine groups is 1. The van der Waals surface area contributed by atoms with Crippen molar-refractivity contribution >= 4 is 46.1 Å². The molecule has 5 nitrogen and oxygen atoms in total. The van der Waals surface area contributed by atoms with Gasteiger partial charge in [-0.25, -0.2) is 4.79 Å². The summed E-state index contributed by atoms with van der Waals surface area (Å²) in [5.41, 5.74) is 2.10. The zero-order chi connectivity index (χ0) is 13.0. The number of rotatable bonds is 2. The third-order valence-corrected chi connectivity index (χ3v) is 2.74. The van der Waals surface area contributed by atoms with Crippen LogP contribution in [-0.4, -0.2) is 19.0 Å². The van der Waals surface area contributed by atoms with Crippen LogP contribution in [0.15, 0.2) is 12.1 Å². The number of hydrogen-bond acceptors (Lipinski definition) is 4. The smallest absolute Gasteiger partial charge is 0.366 e. The molecule has 0 spiro atoms. The Bertz CT molecular complexity index is 464. The van der Waals surface area contributed by atoms with E-state index in [0.717, 1.165) is 0 Å². The molecular weight excluding hydrogens is 360 g/mol. The molecule has 0 fully saturated rings. The maximum Gasteiger partial charge on any atom is 0.366 e. The summed E-state index contributed by atoms with van der Waals surface area (Å²) in [4.78, 5) is 26.8. The highest BCUT2D eigenvalue weighted by Gasteiger charge is 2.18. The zero-order valence-electron chi connectivity index (χ0n) is 9.04. The van der Waals surface area contributed by atoms with Crippen LogP contribution in [0.4, 0.5) is 0 Å². The first-order chi connectivity index (χ1) is 7.95. The van der Waals surface area contributed by atoms with Crippen molar-refractivity contribution < 1.29 is 19.2 Å². The van der Waals surface area contributed by atoms with Gasteiger partial charge in [0, 0.05) is 11.9 Å². The van der Waals surface area contributed by atoms with E-state index in [0.29, 0.717) is 14.3 Å². The molecule has 0 aliphatic rings. The number of carbonyl (C=O) groups is 2. The summed E-state index contributed by atoms with van der Waals surface area (Å²) in [5.74, 6) is -0.864. The fourth-order valence-electron chi connectivity index (χ4n) is 1.09. The Balaban J connectivity index is 3.03. The van der Waals surface area contributed by atoms with Crippen molar-refractivity contribution in [3.8, 4) is 5.75 Å². The van der Waals surface area contributed by atoms with Crippen LogP contribution in [0.25, 0.3) is 0 Å². The van der Waals surface area contributed by atoms with E-state index < -0.39 is 11.9 Å². The average molecular weight is 370 g/mol. The number of ether oxygens (including phenoxy) is 1. The van der Waals surface area contributed by atoms with Crippen LogP contribution < -0.4 is 10.2 Å². The van der Waals surface area contributed by atoms with Crippen LogP contribution >= 0.6 is 34.2 Å². The molecule has 0 unspecified atom stereocenters. The van der Waals surface area contributed by atoms with Crippen LogP contribution in [0, 0.1) is 3.57 Å². The van der Waals surface area contributed by atoms with Gasteiger partial charge in [0.1, 0.15) is 11.3 Å². The first-order valence-electron chi connectivity index (χ1n) is 4.46. The maximum atomic E-state index is 11.7. The minimum absolute atomic E-state index is 0.151. The Morgan fingerprint density at radius 2 is 2.06 bits per heavy atom. The highest BCUT2D eigenvalue weighted by molar-refractivity contribution is 14.1. The summed E-state index contributed by atoms with van der Waals surface area (Å²) < 4.78 is 5.75. The molecule has 0 saturated heterocycles. The Hall–Kier alpha value is -1.02. The van der Waals surface area contributed by atoms with E-state index in [4.69, 9.17) is 16.3 Å². The lowest BCUT2D eigenvalue weighted by molar-refractivity contribution is -0.127. The fraction of sp³-hybridized carbons (Fsp3) is 0.200. The number of nitrogens with one attached hydrogen (secondary N) is 1. The number of amides is 1. The predicted octanol–water partition coefficient (Wildman–Crippen LogP) is 2.16. The lowest BCUT2D eigenvalue weighted by Crippen LogP contribution is -2.24. The molecule has 17 heavy (non-hydrogen) atoms. The normalized spacial score (nSPS) is 9.65. The summed E-state index contributed by atoms with van der Waals surface area (Å²) in [6.07, 6.45) is 0. The van der Waals surface area contributed by atoms with Crippen molar-refractivity contribution in [2.45, 2.75) is 6.92 Å². The summed E-state index contributed by atoms with van der Waals surface area (Å²) in [6, 6.07) is 3.06. The summed E-state index contributed by atoms with van der Waals surface area (Å²) in [5, 5.41) is 0.380. The lowest BCUT2D eigenvalue weighted by Gasteiger charge is -2.10. The third kappa shape index (κ3) is 3.74. The average Bonchev–Trinajstić information content (AvgIpc) is 2.24.